The number of ether oxygens (including phenoxy) is 2. The van der Waals surface area contributed by atoms with Crippen molar-refractivity contribution in [2.75, 3.05) is 44.3 Å². The molecule has 0 aliphatic carbocycles. The van der Waals surface area contributed by atoms with Gasteiger partial charge in [-0.25, -0.2) is 4.68 Å². The van der Waals surface area contributed by atoms with E-state index in [1.165, 1.54) is 0 Å². The smallest absolute Gasteiger partial charge is 0.260 e. The molecule has 3 aromatic rings. The van der Waals surface area contributed by atoms with Gasteiger partial charge in [0.15, 0.2) is 6.61 Å². The van der Waals surface area contributed by atoms with Crippen LogP contribution in [0.5, 0.6) is 11.5 Å². The quantitative estimate of drug-likeness (QED) is 0.569. The van der Waals surface area contributed by atoms with Crippen molar-refractivity contribution in [2.24, 2.45) is 0 Å². The minimum atomic E-state index is 0.00644. The maximum atomic E-state index is 12.6. The Morgan fingerprint density at radius 3 is 2.16 bits per heavy atom. The minimum Gasteiger partial charge on any atom is -0.494 e. The first-order chi connectivity index (χ1) is 15.6. The molecule has 0 N–H and O–H groups in total. The first-order valence-corrected chi connectivity index (χ1v) is 11.1. The van der Waals surface area contributed by atoms with Gasteiger partial charge in [-0.3, -0.25) is 4.79 Å². The second-order valence-corrected chi connectivity index (χ2v) is 7.83. The highest BCUT2D eigenvalue weighted by Gasteiger charge is 2.25. The van der Waals surface area contributed by atoms with Crippen LogP contribution in [0.3, 0.4) is 0 Å². The van der Waals surface area contributed by atoms with Crippen LogP contribution in [0.15, 0.2) is 54.6 Å². The fourth-order valence-corrected chi connectivity index (χ4v) is 4.13. The topological polar surface area (TPSA) is 59.8 Å². The summed E-state index contributed by atoms with van der Waals surface area (Å²) < 4.78 is 13.1. The Hall–Kier alpha value is -3.48. The zero-order valence-corrected chi connectivity index (χ0v) is 19.0. The van der Waals surface area contributed by atoms with Gasteiger partial charge in [0.05, 0.1) is 29.4 Å². The molecular weight excluding hydrogens is 404 g/mol. The maximum Gasteiger partial charge on any atom is 0.260 e. The lowest BCUT2D eigenvalue weighted by molar-refractivity contribution is -0.133. The summed E-state index contributed by atoms with van der Waals surface area (Å²) in [4.78, 5) is 16.8. The highest BCUT2D eigenvalue weighted by atomic mass is 16.5. The number of amides is 1. The van der Waals surface area contributed by atoms with Crippen LogP contribution >= 0.6 is 0 Å². The third kappa shape index (κ3) is 4.72. The number of carbonyl (C=O) groups is 1. The monoisotopic (exact) mass is 434 g/mol. The number of rotatable bonds is 7. The third-order valence-corrected chi connectivity index (χ3v) is 5.70. The standard InChI is InChI=1S/C25H30N4O3/c1-4-31-22-10-12-23(13-11-22)32-18-24(30)27-14-16-28(17-15-27)25-19(2)26-29(20(25)3)21-8-6-5-7-9-21/h5-13H,4,14-18H2,1-3H3. The van der Waals surface area contributed by atoms with Crippen molar-refractivity contribution < 1.29 is 14.3 Å². The van der Waals surface area contributed by atoms with Crippen LogP contribution in [0.2, 0.25) is 0 Å². The molecule has 1 saturated heterocycles. The van der Waals surface area contributed by atoms with Crippen molar-refractivity contribution in [1.82, 2.24) is 14.7 Å². The van der Waals surface area contributed by atoms with Gasteiger partial charge in [-0.15, -0.1) is 0 Å². The van der Waals surface area contributed by atoms with E-state index < -0.39 is 0 Å². The first kappa shape index (κ1) is 21.7. The first-order valence-electron chi connectivity index (χ1n) is 11.1. The lowest BCUT2D eigenvalue weighted by Crippen LogP contribution is -2.50. The molecule has 2 heterocycles. The van der Waals surface area contributed by atoms with Crippen molar-refractivity contribution in [1.29, 1.82) is 0 Å². The number of piperazine rings is 1. The third-order valence-electron chi connectivity index (χ3n) is 5.70. The number of anilines is 1. The van der Waals surface area contributed by atoms with Gasteiger partial charge in [0.1, 0.15) is 11.5 Å². The second kappa shape index (κ2) is 9.77. The summed E-state index contributed by atoms with van der Waals surface area (Å²) in [5.74, 6) is 1.47. The van der Waals surface area contributed by atoms with Gasteiger partial charge in [0, 0.05) is 26.2 Å². The molecule has 1 aliphatic heterocycles. The molecule has 168 valence electrons. The lowest BCUT2D eigenvalue weighted by atomic mass is 10.2. The molecule has 1 fully saturated rings. The molecule has 0 radical (unpaired) electrons. The molecule has 0 spiro atoms. The Kier molecular flexibility index (Phi) is 6.63. The van der Waals surface area contributed by atoms with Crippen LogP contribution in [0.4, 0.5) is 5.69 Å². The lowest BCUT2D eigenvalue weighted by Gasteiger charge is -2.36. The Morgan fingerprint density at radius 2 is 1.53 bits per heavy atom. The van der Waals surface area contributed by atoms with E-state index in [-0.39, 0.29) is 12.5 Å². The number of para-hydroxylation sites is 1. The van der Waals surface area contributed by atoms with Crippen LogP contribution in [0, 0.1) is 13.8 Å². The number of benzene rings is 2. The van der Waals surface area contributed by atoms with E-state index in [1.54, 1.807) is 0 Å². The van der Waals surface area contributed by atoms with E-state index in [9.17, 15) is 4.79 Å². The van der Waals surface area contributed by atoms with Gasteiger partial charge in [0.25, 0.3) is 5.91 Å². The summed E-state index contributed by atoms with van der Waals surface area (Å²) in [6.45, 7) is 9.64. The Morgan fingerprint density at radius 1 is 0.906 bits per heavy atom. The highest BCUT2D eigenvalue weighted by molar-refractivity contribution is 5.78. The van der Waals surface area contributed by atoms with Crippen LogP contribution < -0.4 is 14.4 Å². The van der Waals surface area contributed by atoms with E-state index >= 15 is 0 Å². The van der Waals surface area contributed by atoms with Crippen molar-refractivity contribution in [3.63, 3.8) is 0 Å². The molecule has 1 aromatic heterocycles. The SMILES string of the molecule is CCOc1ccc(OCC(=O)N2CCN(c3c(C)nn(-c4ccccc4)c3C)CC2)cc1. The summed E-state index contributed by atoms with van der Waals surface area (Å²) in [6, 6.07) is 17.5. The molecule has 7 nitrogen and oxygen atoms in total. The highest BCUT2D eigenvalue weighted by Crippen LogP contribution is 2.27. The zero-order valence-electron chi connectivity index (χ0n) is 19.0. The number of hydrogen-bond acceptors (Lipinski definition) is 5. The van der Waals surface area contributed by atoms with Gasteiger partial charge >= 0.3 is 0 Å². The van der Waals surface area contributed by atoms with E-state index in [0.29, 0.717) is 25.4 Å². The summed E-state index contributed by atoms with van der Waals surface area (Å²) in [6.07, 6.45) is 0. The summed E-state index contributed by atoms with van der Waals surface area (Å²) in [7, 11) is 0. The van der Waals surface area contributed by atoms with Gasteiger partial charge in [0.2, 0.25) is 0 Å². The fraction of sp³-hybridized carbons (Fsp3) is 0.360. The summed E-state index contributed by atoms with van der Waals surface area (Å²) >= 11 is 0. The molecule has 4 rings (SSSR count). The zero-order chi connectivity index (χ0) is 22.5. The summed E-state index contributed by atoms with van der Waals surface area (Å²) in [5.41, 5.74) is 4.34. The van der Waals surface area contributed by atoms with E-state index in [0.717, 1.165) is 41.6 Å². The molecule has 0 unspecified atom stereocenters. The van der Waals surface area contributed by atoms with Gasteiger partial charge in [-0.2, -0.15) is 5.10 Å². The van der Waals surface area contributed by atoms with Crippen molar-refractivity contribution in [2.45, 2.75) is 20.8 Å². The average Bonchev–Trinajstić information content (AvgIpc) is 3.13. The second-order valence-electron chi connectivity index (χ2n) is 7.83. The predicted molar refractivity (Wildman–Crippen MR) is 125 cm³/mol. The molecule has 1 aliphatic rings. The number of hydrogen-bond donors (Lipinski definition) is 0. The average molecular weight is 435 g/mol. The largest absolute Gasteiger partial charge is 0.494 e. The Bertz CT molecular complexity index is 1040. The van der Waals surface area contributed by atoms with E-state index in [4.69, 9.17) is 14.6 Å². The van der Waals surface area contributed by atoms with Gasteiger partial charge in [-0.1, -0.05) is 18.2 Å². The molecule has 0 atom stereocenters. The van der Waals surface area contributed by atoms with Crippen LogP contribution in [-0.2, 0) is 4.79 Å². The van der Waals surface area contributed by atoms with E-state index in [1.807, 2.05) is 65.9 Å². The summed E-state index contributed by atoms with van der Waals surface area (Å²) in [5, 5.41) is 4.76. The van der Waals surface area contributed by atoms with Crippen molar-refractivity contribution in [3.05, 3.63) is 66.0 Å². The molecular formula is C25H30N4O3. The molecule has 2 aromatic carbocycles. The number of aromatic nitrogens is 2. The minimum absolute atomic E-state index is 0.00644. The predicted octanol–water partition coefficient (Wildman–Crippen LogP) is 3.62. The maximum absolute atomic E-state index is 12.6. The Balaban J connectivity index is 1.33. The van der Waals surface area contributed by atoms with E-state index in [2.05, 4.69) is 24.0 Å². The van der Waals surface area contributed by atoms with Gasteiger partial charge in [-0.05, 0) is 57.2 Å². The molecule has 0 saturated carbocycles. The normalized spacial score (nSPS) is 13.8. The number of nitrogens with zero attached hydrogens (tertiary/aromatic N) is 4. The van der Waals surface area contributed by atoms with Crippen LogP contribution in [0.1, 0.15) is 18.3 Å². The molecule has 0 bridgehead atoms. The van der Waals surface area contributed by atoms with Crippen LogP contribution in [-0.4, -0.2) is 60.0 Å². The molecule has 7 heteroatoms. The van der Waals surface area contributed by atoms with Crippen molar-refractivity contribution >= 4 is 11.6 Å². The number of carbonyl (C=O) groups excluding carboxylic acids is 1. The van der Waals surface area contributed by atoms with Gasteiger partial charge < -0.3 is 19.3 Å². The fourth-order valence-electron chi connectivity index (χ4n) is 4.13. The Labute approximate surface area is 189 Å². The number of aryl methyl sites for hydroxylation is 1. The molecule has 32 heavy (non-hydrogen) atoms. The van der Waals surface area contributed by atoms with Crippen molar-refractivity contribution in [3.8, 4) is 17.2 Å². The molecule has 1 amide bonds. The van der Waals surface area contributed by atoms with Crippen LogP contribution in [0.25, 0.3) is 5.69 Å².